The summed E-state index contributed by atoms with van der Waals surface area (Å²) in [6.45, 7) is 0. The van der Waals surface area contributed by atoms with Crippen molar-refractivity contribution >= 4 is 11.9 Å². The highest BCUT2D eigenvalue weighted by molar-refractivity contribution is 6.00. The molecule has 2 aliphatic carbocycles. The van der Waals surface area contributed by atoms with Crippen molar-refractivity contribution in [3.05, 3.63) is 35.4 Å². The van der Waals surface area contributed by atoms with Gasteiger partial charge in [0, 0.05) is 6.42 Å². The van der Waals surface area contributed by atoms with Gasteiger partial charge in [-0.25, -0.2) is 0 Å². The largest absolute Gasteiger partial charge is 0.497 e. The molecule has 2 nitrogen and oxygen atoms in total. The van der Waals surface area contributed by atoms with Gasteiger partial charge in [-0.2, -0.15) is 0 Å². The number of carbonyl (C=O) groups is 1. The summed E-state index contributed by atoms with van der Waals surface area (Å²) in [5, 5.41) is 0. The first kappa shape index (κ1) is 14.4. The second-order valence-corrected chi connectivity index (χ2v) is 6.34. The van der Waals surface area contributed by atoms with Crippen LogP contribution in [0.1, 0.15) is 50.5 Å². The molecule has 0 bridgehead atoms. The van der Waals surface area contributed by atoms with Gasteiger partial charge in [-0.1, -0.05) is 25.0 Å². The summed E-state index contributed by atoms with van der Waals surface area (Å²) >= 11 is 0. The first-order chi connectivity index (χ1) is 10.3. The minimum Gasteiger partial charge on any atom is -0.497 e. The summed E-state index contributed by atoms with van der Waals surface area (Å²) in [7, 11) is 1.68. The molecule has 2 fully saturated rings. The Balaban J connectivity index is 1.90. The van der Waals surface area contributed by atoms with Crippen LogP contribution in [0, 0.1) is 11.8 Å². The first-order valence-electron chi connectivity index (χ1n) is 8.17. The molecule has 0 amide bonds. The summed E-state index contributed by atoms with van der Waals surface area (Å²) in [4.78, 5) is 12.4. The second-order valence-electron chi connectivity index (χ2n) is 6.34. The number of hydrogen-bond donors (Lipinski definition) is 0. The third-order valence-corrected chi connectivity index (χ3v) is 5.03. The average Bonchev–Trinajstić information content (AvgIpc) is 3.04. The predicted molar refractivity (Wildman–Crippen MR) is 85.3 cm³/mol. The molecule has 0 spiro atoms. The van der Waals surface area contributed by atoms with Gasteiger partial charge in [0.15, 0.2) is 5.78 Å². The van der Waals surface area contributed by atoms with Crippen molar-refractivity contribution in [3.63, 3.8) is 0 Å². The summed E-state index contributed by atoms with van der Waals surface area (Å²) in [5.41, 5.74) is 2.16. The van der Waals surface area contributed by atoms with E-state index in [2.05, 4.69) is 12.1 Å². The van der Waals surface area contributed by atoms with E-state index in [0.29, 0.717) is 11.7 Å². The molecule has 3 rings (SSSR count). The lowest BCUT2D eigenvalue weighted by Gasteiger charge is -2.29. The maximum atomic E-state index is 12.4. The van der Waals surface area contributed by atoms with E-state index in [9.17, 15) is 4.79 Å². The van der Waals surface area contributed by atoms with Crippen molar-refractivity contribution in [3.8, 4) is 5.75 Å². The maximum absolute atomic E-state index is 12.4. The molecule has 2 heteroatoms. The Hall–Kier alpha value is -1.57. The summed E-state index contributed by atoms with van der Waals surface area (Å²) in [6, 6.07) is 8.01. The van der Waals surface area contributed by atoms with Gasteiger partial charge in [-0.05, 0) is 66.9 Å². The van der Waals surface area contributed by atoms with Crippen LogP contribution in [0.2, 0.25) is 0 Å². The van der Waals surface area contributed by atoms with Crippen LogP contribution in [0.3, 0.4) is 0 Å². The molecule has 1 aromatic rings. The van der Waals surface area contributed by atoms with Crippen LogP contribution in [0.15, 0.2) is 29.8 Å². The number of Topliss-reactive ketones (excluding diaryl/α,β-unsaturated/α-hetero) is 1. The fraction of sp³-hybridized carbons (Fsp3) is 0.526. The molecule has 0 saturated heterocycles. The zero-order chi connectivity index (χ0) is 14.7. The smallest absolute Gasteiger partial charge is 0.159 e. The number of ketones is 1. The molecule has 0 aliphatic heterocycles. The first-order valence-corrected chi connectivity index (χ1v) is 8.17. The fourth-order valence-electron chi connectivity index (χ4n) is 3.94. The van der Waals surface area contributed by atoms with Crippen molar-refractivity contribution in [2.45, 2.75) is 44.9 Å². The Morgan fingerprint density at radius 2 is 1.95 bits per heavy atom. The number of carbonyl (C=O) groups excluding carboxylic acids is 1. The SMILES string of the molecule is COc1cccc(/C=C2\C(=O)CCCC2C2CCCC2)c1. The van der Waals surface area contributed by atoms with Crippen molar-refractivity contribution in [2.75, 3.05) is 7.11 Å². The van der Waals surface area contributed by atoms with E-state index in [-0.39, 0.29) is 0 Å². The number of allylic oxidation sites excluding steroid dienone is 1. The molecule has 1 unspecified atom stereocenters. The average molecular weight is 284 g/mol. The van der Waals surface area contributed by atoms with Crippen molar-refractivity contribution < 1.29 is 9.53 Å². The quantitative estimate of drug-likeness (QED) is 0.756. The molecule has 21 heavy (non-hydrogen) atoms. The van der Waals surface area contributed by atoms with Crippen molar-refractivity contribution in [2.24, 2.45) is 11.8 Å². The van der Waals surface area contributed by atoms with E-state index >= 15 is 0 Å². The van der Waals surface area contributed by atoms with Crippen LogP contribution < -0.4 is 4.74 Å². The molecule has 0 heterocycles. The molecular weight excluding hydrogens is 260 g/mol. The van der Waals surface area contributed by atoms with Crippen molar-refractivity contribution in [1.29, 1.82) is 0 Å². The molecule has 1 aromatic carbocycles. The third kappa shape index (κ3) is 3.20. The van der Waals surface area contributed by atoms with E-state index in [1.807, 2.05) is 18.2 Å². The van der Waals surface area contributed by atoms with Crippen LogP contribution in [0.4, 0.5) is 0 Å². The highest BCUT2D eigenvalue weighted by atomic mass is 16.5. The topological polar surface area (TPSA) is 26.3 Å². The maximum Gasteiger partial charge on any atom is 0.159 e. The number of methoxy groups -OCH3 is 1. The lowest BCUT2D eigenvalue weighted by molar-refractivity contribution is -0.117. The van der Waals surface area contributed by atoms with E-state index in [1.165, 1.54) is 32.1 Å². The van der Waals surface area contributed by atoms with Gasteiger partial charge >= 0.3 is 0 Å². The number of benzene rings is 1. The Morgan fingerprint density at radius 1 is 1.14 bits per heavy atom. The van der Waals surface area contributed by atoms with Crippen LogP contribution >= 0.6 is 0 Å². The minimum absolute atomic E-state index is 0.362. The van der Waals surface area contributed by atoms with Gasteiger partial charge in [0.2, 0.25) is 0 Å². The van der Waals surface area contributed by atoms with E-state index in [0.717, 1.165) is 35.6 Å². The van der Waals surface area contributed by atoms with Crippen LogP contribution in [-0.2, 0) is 4.79 Å². The Kier molecular flexibility index (Phi) is 4.42. The van der Waals surface area contributed by atoms with Gasteiger partial charge in [0.05, 0.1) is 7.11 Å². The lowest BCUT2D eigenvalue weighted by atomic mass is 9.74. The summed E-state index contributed by atoms with van der Waals surface area (Å²) < 4.78 is 5.28. The van der Waals surface area contributed by atoms with Gasteiger partial charge in [0.1, 0.15) is 5.75 Å². The minimum atomic E-state index is 0.362. The number of rotatable bonds is 3. The molecule has 112 valence electrons. The van der Waals surface area contributed by atoms with Gasteiger partial charge in [-0.3, -0.25) is 4.79 Å². The van der Waals surface area contributed by atoms with Crippen LogP contribution in [0.25, 0.3) is 6.08 Å². The van der Waals surface area contributed by atoms with Crippen LogP contribution in [-0.4, -0.2) is 12.9 Å². The normalized spacial score (nSPS) is 25.5. The zero-order valence-corrected chi connectivity index (χ0v) is 12.8. The molecule has 1 atom stereocenters. The summed E-state index contributed by atoms with van der Waals surface area (Å²) in [6.07, 6.45) is 10.4. The van der Waals surface area contributed by atoms with Gasteiger partial charge < -0.3 is 4.74 Å². The molecule has 2 aliphatic rings. The lowest BCUT2D eigenvalue weighted by Crippen LogP contribution is -2.24. The third-order valence-electron chi connectivity index (χ3n) is 5.03. The zero-order valence-electron chi connectivity index (χ0n) is 12.8. The molecule has 2 saturated carbocycles. The van der Waals surface area contributed by atoms with Crippen molar-refractivity contribution in [1.82, 2.24) is 0 Å². The number of hydrogen-bond acceptors (Lipinski definition) is 2. The highest BCUT2D eigenvalue weighted by Crippen LogP contribution is 2.41. The molecular formula is C19H24O2. The van der Waals surface area contributed by atoms with E-state index in [1.54, 1.807) is 7.11 Å². The van der Waals surface area contributed by atoms with E-state index in [4.69, 9.17) is 4.74 Å². The second kappa shape index (κ2) is 6.46. The van der Waals surface area contributed by atoms with Gasteiger partial charge in [-0.15, -0.1) is 0 Å². The summed E-state index contributed by atoms with van der Waals surface area (Å²) in [5.74, 6) is 2.43. The Labute approximate surface area is 127 Å². The van der Waals surface area contributed by atoms with Gasteiger partial charge in [0.25, 0.3) is 0 Å². The van der Waals surface area contributed by atoms with E-state index < -0.39 is 0 Å². The number of ether oxygens (including phenoxy) is 1. The molecule has 0 N–H and O–H groups in total. The van der Waals surface area contributed by atoms with Crippen LogP contribution in [0.5, 0.6) is 5.75 Å². The molecule has 0 radical (unpaired) electrons. The Morgan fingerprint density at radius 3 is 2.71 bits per heavy atom. The standard InChI is InChI=1S/C19H24O2/c1-21-16-9-4-6-14(12-16)13-18-17(10-5-11-19(18)20)15-7-2-3-8-15/h4,6,9,12-13,15,17H,2-3,5,7-8,10-11H2,1H3/b18-13-. The predicted octanol–water partition coefficient (Wildman–Crippen LogP) is 4.64. The Bertz CT molecular complexity index is 538. The monoisotopic (exact) mass is 284 g/mol. The molecule has 0 aromatic heterocycles. The fourth-order valence-corrected chi connectivity index (χ4v) is 3.94. The highest BCUT2D eigenvalue weighted by Gasteiger charge is 2.33.